The van der Waals surface area contributed by atoms with Crippen LogP contribution in [0.15, 0.2) is 78.9 Å². The second-order valence-electron chi connectivity index (χ2n) is 7.40. The van der Waals surface area contributed by atoms with Gasteiger partial charge >= 0.3 is 5.97 Å². The Bertz CT molecular complexity index is 1210. The first-order valence-electron chi connectivity index (χ1n) is 9.99. The number of carbonyl (C=O) groups is 2. The Kier molecular flexibility index (Phi) is 5.48. The van der Waals surface area contributed by atoms with Crippen LogP contribution in [0.5, 0.6) is 0 Å². The molecule has 0 spiro atoms. The molecule has 0 aliphatic heterocycles. The van der Waals surface area contributed by atoms with Crippen molar-refractivity contribution >= 4 is 22.7 Å². The Morgan fingerprint density at radius 3 is 2.37 bits per heavy atom. The molecule has 30 heavy (non-hydrogen) atoms. The van der Waals surface area contributed by atoms with E-state index in [1.165, 1.54) is 0 Å². The smallest absolute Gasteiger partial charge is 0.339 e. The van der Waals surface area contributed by atoms with Gasteiger partial charge in [0.2, 0.25) is 5.78 Å². The van der Waals surface area contributed by atoms with Crippen molar-refractivity contribution < 1.29 is 14.3 Å². The van der Waals surface area contributed by atoms with Crippen molar-refractivity contribution in [3.05, 3.63) is 107 Å². The molecule has 4 rings (SSSR count). The third-order valence-corrected chi connectivity index (χ3v) is 5.27. The van der Waals surface area contributed by atoms with E-state index in [0.29, 0.717) is 17.5 Å². The van der Waals surface area contributed by atoms with Crippen molar-refractivity contribution in [3.8, 4) is 0 Å². The fourth-order valence-electron chi connectivity index (χ4n) is 3.76. The first-order chi connectivity index (χ1) is 14.5. The fraction of sp³-hybridized carbons (Fsp3) is 0.154. The molecule has 0 radical (unpaired) electrons. The number of hydrogen-bond acceptors (Lipinski definition) is 3. The first kappa shape index (κ1) is 19.6. The molecule has 0 amide bonds. The van der Waals surface area contributed by atoms with Crippen LogP contribution in [-0.4, -0.2) is 22.8 Å². The van der Waals surface area contributed by atoms with Gasteiger partial charge in [0.1, 0.15) is 0 Å². The number of esters is 1. The normalized spacial score (nSPS) is 11.9. The zero-order chi connectivity index (χ0) is 21.1. The Morgan fingerprint density at radius 1 is 0.900 bits per heavy atom. The number of H-pyrrole nitrogens is 1. The number of para-hydroxylation sites is 1. The molecule has 150 valence electrons. The largest absolute Gasteiger partial charge is 0.451 e. The van der Waals surface area contributed by atoms with Crippen LogP contribution in [0.25, 0.3) is 10.9 Å². The molecule has 0 aliphatic carbocycles. The standard InChI is InChI=1S/C26H23NO3/c1-17-24(22-14-8-9-15-23(22)27-17)25(28)18(2)30-26(29)21-13-7-6-12-20(21)16-19-10-4-3-5-11-19/h3-15,18,27H,16H2,1-2H3/t18-/m0/s1. The molecule has 4 aromatic rings. The van der Waals surface area contributed by atoms with Crippen molar-refractivity contribution in [2.24, 2.45) is 0 Å². The number of Topliss-reactive ketones (excluding diaryl/α,β-unsaturated/α-hetero) is 1. The molecular formula is C26H23NO3. The lowest BCUT2D eigenvalue weighted by Gasteiger charge is -2.15. The number of aromatic nitrogens is 1. The topological polar surface area (TPSA) is 59.2 Å². The van der Waals surface area contributed by atoms with Crippen LogP contribution < -0.4 is 0 Å². The van der Waals surface area contributed by atoms with Crippen molar-refractivity contribution in [2.45, 2.75) is 26.4 Å². The lowest BCUT2D eigenvalue weighted by molar-refractivity contribution is 0.0318. The predicted octanol–water partition coefficient (Wildman–Crippen LogP) is 5.50. The molecule has 1 aromatic heterocycles. The average molecular weight is 397 g/mol. The Morgan fingerprint density at radius 2 is 1.57 bits per heavy atom. The quantitative estimate of drug-likeness (QED) is 0.345. The minimum absolute atomic E-state index is 0.209. The molecule has 1 N–H and O–H groups in total. The van der Waals surface area contributed by atoms with Crippen LogP contribution in [-0.2, 0) is 11.2 Å². The maximum atomic E-state index is 13.1. The highest BCUT2D eigenvalue weighted by molar-refractivity contribution is 6.11. The van der Waals surface area contributed by atoms with Gasteiger partial charge in [-0.15, -0.1) is 0 Å². The minimum Gasteiger partial charge on any atom is -0.451 e. The van der Waals surface area contributed by atoms with E-state index in [2.05, 4.69) is 4.98 Å². The maximum Gasteiger partial charge on any atom is 0.339 e. The van der Waals surface area contributed by atoms with Gasteiger partial charge in [0.05, 0.1) is 5.56 Å². The zero-order valence-corrected chi connectivity index (χ0v) is 17.0. The van der Waals surface area contributed by atoms with E-state index in [9.17, 15) is 9.59 Å². The molecule has 0 bridgehead atoms. The summed E-state index contributed by atoms with van der Waals surface area (Å²) in [5.74, 6) is -0.696. The Labute approximate surface area is 175 Å². The van der Waals surface area contributed by atoms with Crippen LogP contribution in [0.4, 0.5) is 0 Å². The Balaban J connectivity index is 1.55. The summed E-state index contributed by atoms with van der Waals surface area (Å²) in [4.78, 5) is 29.2. The highest BCUT2D eigenvalue weighted by atomic mass is 16.5. The summed E-state index contributed by atoms with van der Waals surface area (Å²) in [6, 6.07) is 25.0. The van der Waals surface area contributed by atoms with Crippen LogP contribution in [0, 0.1) is 6.92 Å². The summed E-state index contributed by atoms with van der Waals surface area (Å²) in [5.41, 5.74) is 4.70. The molecule has 0 fully saturated rings. The van der Waals surface area contributed by atoms with Crippen LogP contribution in [0.2, 0.25) is 0 Å². The zero-order valence-electron chi connectivity index (χ0n) is 17.0. The molecule has 0 unspecified atom stereocenters. The average Bonchev–Trinajstić information content (AvgIpc) is 3.09. The first-order valence-corrected chi connectivity index (χ1v) is 9.99. The van der Waals surface area contributed by atoms with Gasteiger partial charge in [0.25, 0.3) is 0 Å². The molecule has 4 nitrogen and oxygen atoms in total. The number of ketones is 1. The van der Waals surface area contributed by atoms with Crippen molar-refractivity contribution in [1.82, 2.24) is 4.98 Å². The highest BCUT2D eigenvalue weighted by Gasteiger charge is 2.25. The summed E-state index contributed by atoms with van der Waals surface area (Å²) in [6.07, 6.45) is -0.268. The number of fused-ring (bicyclic) bond motifs is 1. The van der Waals surface area contributed by atoms with Gasteiger partial charge < -0.3 is 9.72 Å². The van der Waals surface area contributed by atoms with Gasteiger partial charge in [-0.3, -0.25) is 4.79 Å². The summed E-state index contributed by atoms with van der Waals surface area (Å²) < 4.78 is 5.60. The summed E-state index contributed by atoms with van der Waals surface area (Å²) in [5, 5.41) is 0.840. The van der Waals surface area contributed by atoms with E-state index in [1.807, 2.05) is 73.7 Å². The van der Waals surface area contributed by atoms with E-state index >= 15 is 0 Å². The van der Waals surface area contributed by atoms with Gasteiger partial charge in [0.15, 0.2) is 6.10 Å². The monoisotopic (exact) mass is 397 g/mol. The van der Waals surface area contributed by atoms with Crippen LogP contribution >= 0.6 is 0 Å². The molecule has 4 heteroatoms. The number of ether oxygens (including phenoxy) is 1. The number of hydrogen-bond donors (Lipinski definition) is 1. The SMILES string of the molecule is Cc1[nH]c2ccccc2c1C(=O)[C@H](C)OC(=O)c1ccccc1Cc1ccccc1. The minimum atomic E-state index is -0.889. The summed E-state index contributed by atoms with van der Waals surface area (Å²) in [7, 11) is 0. The number of aromatic amines is 1. The van der Waals surface area contributed by atoms with E-state index in [1.54, 1.807) is 19.1 Å². The third kappa shape index (κ3) is 3.90. The third-order valence-electron chi connectivity index (χ3n) is 5.27. The second kappa shape index (κ2) is 8.37. The van der Waals surface area contributed by atoms with Gasteiger partial charge in [-0.1, -0.05) is 66.7 Å². The Hall–Kier alpha value is -3.66. The fourth-order valence-corrected chi connectivity index (χ4v) is 3.76. The lowest BCUT2D eigenvalue weighted by atomic mass is 9.99. The van der Waals surface area contributed by atoms with E-state index in [4.69, 9.17) is 4.74 Å². The summed E-state index contributed by atoms with van der Waals surface area (Å²) >= 11 is 0. The number of carbonyl (C=O) groups excluding carboxylic acids is 2. The van der Waals surface area contributed by atoms with Gasteiger partial charge in [-0.2, -0.15) is 0 Å². The molecule has 3 aromatic carbocycles. The molecule has 0 aliphatic rings. The highest BCUT2D eigenvalue weighted by Crippen LogP contribution is 2.24. The lowest BCUT2D eigenvalue weighted by Crippen LogP contribution is -2.25. The number of aryl methyl sites for hydroxylation is 1. The molecule has 0 saturated carbocycles. The second-order valence-corrected chi connectivity index (χ2v) is 7.40. The maximum absolute atomic E-state index is 13.1. The van der Waals surface area contributed by atoms with Crippen molar-refractivity contribution in [3.63, 3.8) is 0 Å². The van der Waals surface area contributed by atoms with Gasteiger partial charge in [0, 0.05) is 22.2 Å². The van der Waals surface area contributed by atoms with E-state index < -0.39 is 12.1 Å². The van der Waals surface area contributed by atoms with Gasteiger partial charge in [-0.05, 0) is 43.5 Å². The molecule has 0 saturated heterocycles. The number of nitrogens with one attached hydrogen (secondary N) is 1. The van der Waals surface area contributed by atoms with Crippen molar-refractivity contribution in [1.29, 1.82) is 0 Å². The summed E-state index contributed by atoms with van der Waals surface area (Å²) in [6.45, 7) is 3.48. The molecule has 1 atom stereocenters. The molecule has 1 heterocycles. The van der Waals surface area contributed by atoms with Crippen molar-refractivity contribution in [2.75, 3.05) is 0 Å². The predicted molar refractivity (Wildman–Crippen MR) is 118 cm³/mol. The molecular weight excluding hydrogens is 374 g/mol. The van der Waals surface area contributed by atoms with E-state index in [-0.39, 0.29) is 5.78 Å². The van der Waals surface area contributed by atoms with E-state index in [0.717, 1.165) is 27.7 Å². The number of benzene rings is 3. The number of rotatable bonds is 6. The van der Waals surface area contributed by atoms with Crippen LogP contribution in [0.1, 0.15) is 44.5 Å². The van der Waals surface area contributed by atoms with Crippen LogP contribution in [0.3, 0.4) is 0 Å². The van der Waals surface area contributed by atoms with Gasteiger partial charge in [-0.25, -0.2) is 4.79 Å².